The van der Waals surface area contributed by atoms with Gasteiger partial charge in [-0.25, -0.2) is 0 Å². The Bertz CT molecular complexity index is 999. The molecule has 0 spiro atoms. The molecule has 1 aliphatic rings. The van der Waals surface area contributed by atoms with Gasteiger partial charge in [-0.15, -0.1) is 10.2 Å². The quantitative estimate of drug-likeness (QED) is 0.463. The monoisotopic (exact) mass is 442 g/mol. The van der Waals surface area contributed by atoms with E-state index in [0.717, 1.165) is 49.5 Å². The first-order valence-corrected chi connectivity index (χ1v) is 12.0. The second kappa shape index (κ2) is 9.24. The molecule has 2 aromatic heterocycles. The summed E-state index contributed by atoms with van der Waals surface area (Å²) in [7, 11) is 2.16. The summed E-state index contributed by atoms with van der Waals surface area (Å²) in [6.07, 6.45) is 4.15. The molecule has 1 aromatic carbocycles. The van der Waals surface area contributed by atoms with Crippen LogP contribution >= 0.6 is 11.3 Å². The highest BCUT2D eigenvalue weighted by atomic mass is 32.1. The molecule has 4 rings (SSSR count). The van der Waals surface area contributed by atoms with Crippen molar-refractivity contribution in [2.45, 2.75) is 57.8 Å². The molecule has 1 aliphatic heterocycles. The van der Waals surface area contributed by atoms with Gasteiger partial charge >= 0.3 is 0 Å². The number of likely N-dealkylation sites (N-methyl/N-ethyl adjacent to an activating group) is 1. The van der Waals surface area contributed by atoms with Gasteiger partial charge in [0.15, 0.2) is 11.2 Å². The Morgan fingerprint density at radius 2 is 2.06 bits per heavy atom. The lowest BCUT2D eigenvalue weighted by Crippen LogP contribution is -2.57. The van der Waals surface area contributed by atoms with Crippen molar-refractivity contribution in [1.29, 1.82) is 0 Å². The maximum absolute atomic E-state index is 10.9. The Morgan fingerprint density at radius 3 is 2.84 bits per heavy atom. The fourth-order valence-corrected chi connectivity index (χ4v) is 5.14. The Hall–Kier alpha value is -2.00. The minimum atomic E-state index is -0.812. The van der Waals surface area contributed by atoms with Gasteiger partial charge in [-0.1, -0.05) is 42.9 Å². The highest BCUT2D eigenvalue weighted by molar-refractivity contribution is 7.15. The van der Waals surface area contributed by atoms with Crippen molar-refractivity contribution in [3.63, 3.8) is 0 Å². The van der Waals surface area contributed by atoms with Crippen LogP contribution in [-0.2, 0) is 6.42 Å². The van der Waals surface area contributed by atoms with Crippen LogP contribution in [-0.4, -0.2) is 63.5 Å². The number of rotatable bonds is 8. The van der Waals surface area contributed by atoms with Gasteiger partial charge in [0.1, 0.15) is 0 Å². The zero-order valence-corrected chi connectivity index (χ0v) is 19.7. The first-order chi connectivity index (χ1) is 14.9. The van der Waals surface area contributed by atoms with Crippen LogP contribution in [0, 0.1) is 0 Å². The zero-order valence-electron chi connectivity index (χ0n) is 18.9. The number of aromatic amines is 1. The summed E-state index contributed by atoms with van der Waals surface area (Å²) in [6.45, 7) is 9.49. The number of aliphatic hydroxyl groups is 1. The highest BCUT2D eigenvalue weighted by Gasteiger charge is 2.33. The van der Waals surface area contributed by atoms with Gasteiger partial charge in [0.25, 0.3) is 0 Å². The summed E-state index contributed by atoms with van der Waals surface area (Å²) >= 11 is 1.49. The van der Waals surface area contributed by atoms with Crippen molar-refractivity contribution in [1.82, 2.24) is 25.4 Å². The van der Waals surface area contributed by atoms with Crippen LogP contribution in [0.15, 0.2) is 30.5 Å². The molecule has 8 heteroatoms. The topological polar surface area (TPSA) is 80.3 Å². The molecular formula is C23H34N6OS. The van der Waals surface area contributed by atoms with E-state index >= 15 is 0 Å². The van der Waals surface area contributed by atoms with Crippen LogP contribution in [0.1, 0.15) is 50.4 Å². The molecule has 0 saturated carbocycles. The molecule has 168 valence electrons. The fraction of sp³-hybridized carbons (Fsp3) is 0.565. The number of nitrogens with one attached hydrogen (secondary N) is 2. The molecule has 3 N–H and O–H groups in total. The third-order valence-electron chi connectivity index (χ3n) is 6.42. The van der Waals surface area contributed by atoms with Crippen LogP contribution in [0.25, 0.3) is 10.9 Å². The largest absolute Gasteiger partial charge is 0.372 e. The van der Waals surface area contributed by atoms with E-state index in [0.29, 0.717) is 5.01 Å². The summed E-state index contributed by atoms with van der Waals surface area (Å²) in [5.74, 6) is 0. The third kappa shape index (κ3) is 4.92. The van der Waals surface area contributed by atoms with Gasteiger partial charge in [-0.2, -0.15) is 0 Å². The highest BCUT2D eigenvalue weighted by Crippen LogP contribution is 2.29. The normalized spacial score (nSPS) is 19.1. The fourth-order valence-electron chi connectivity index (χ4n) is 4.32. The Labute approximate surface area is 188 Å². The molecule has 7 nitrogen and oxygen atoms in total. The number of para-hydroxylation sites is 1. The van der Waals surface area contributed by atoms with E-state index in [1.165, 1.54) is 22.3 Å². The molecule has 0 aliphatic carbocycles. The Kier molecular flexibility index (Phi) is 6.62. The average Bonchev–Trinajstić information content (AvgIpc) is 3.38. The molecule has 0 bridgehead atoms. The van der Waals surface area contributed by atoms with E-state index in [1.54, 1.807) is 0 Å². The molecule has 1 saturated heterocycles. The molecular weight excluding hydrogens is 408 g/mol. The number of anilines is 1. The van der Waals surface area contributed by atoms with E-state index in [2.05, 4.69) is 82.5 Å². The van der Waals surface area contributed by atoms with E-state index in [9.17, 15) is 5.11 Å². The summed E-state index contributed by atoms with van der Waals surface area (Å²) in [5, 5.41) is 25.7. The van der Waals surface area contributed by atoms with Crippen LogP contribution < -0.4 is 10.2 Å². The van der Waals surface area contributed by atoms with Crippen LogP contribution in [0.4, 0.5) is 5.13 Å². The summed E-state index contributed by atoms with van der Waals surface area (Å²) < 4.78 is 0. The maximum Gasteiger partial charge on any atom is 0.208 e. The number of H-pyrrole nitrogens is 1. The minimum Gasteiger partial charge on any atom is -0.372 e. The van der Waals surface area contributed by atoms with Gasteiger partial charge in [0, 0.05) is 48.3 Å². The molecule has 0 radical (unpaired) electrons. The summed E-state index contributed by atoms with van der Waals surface area (Å²) in [4.78, 5) is 8.01. The first-order valence-electron chi connectivity index (χ1n) is 11.2. The van der Waals surface area contributed by atoms with Gasteiger partial charge < -0.3 is 15.0 Å². The van der Waals surface area contributed by atoms with E-state index < -0.39 is 6.23 Å². The number of nitrogens with zero attached hydrogens (tertiary/aromatic N) is 4. The predicted molar refractivity (Wildman–Crippen MR) is 128 cm³/mol. The summed E-state index contributed by atoms with van der Waals surface area (Å²) in [5.41, 5.74) is 2.51. The molecule has 31 heavy (non-hydrogen) atoms. The molecule has 1 fully saturated rings. The van der Waals surface area contributed by atoms with Crippen LogP contribution in [0.2, 0.25) is 0 Å². The van der Waals surface area contributed by atoms with E-state index in [4.69, 9.17) is 0 Å². The van der Waals surface area contributed by atoms with Gasteiger partial charge in [-0.3, -0.25) is 10.2 Å². The molecule has 3 heterocycles. The van der Waals surface area contributed by atoms with Crippen molar-refractivity contribution in [2.24, 2.45) is 0 Å². The number of piperazine rings is 1. The lowest BCUT2D eigenvalue weighted by atomic mass is 10.0. The number of fused-ring (bicyclic) bond motifs is 1. The second-order valence-corrected chi connectivity index (χ2v) is 10.2. The van der Waals surface area contributed by atoms with Crippen molar-refractivity contribution in [3.8, 4) is 0 Å². The maximum atomic E-state index is 10.9. The van der Waals surface area contributed by atoms with Crippen molar-refractivity contribution in [3.05, 3.63) is 41.0 Å². The van der Waals surface area contributed by atoms with E-state index in [1.807, 2.05) is 6.07 Å². The zero-order chi connectivity index (χ0) is 22.0. The third-order valence-corrected chi connectivity index (χ3v) is 7.46. The first kappa shape index (κ1) is 22.2. The Balaban J connectivity index is 1.43. The second-order valence-electron chi connectivity index (χ2n) is 9.20. The smallest absolute Gasteiger partial charge is 0.208 e. The lowest BCUT2D eigenvalue weighted by molar-refractivity contribution is 0.119. The van der Waals surface area contributed by atoms with Gasteiger partial charge in [-0.05, 0) is 45.4 Å². The SMILES string of the molecule is CCCC(Cc1c[nH]c2ccccc12)NC(O)c1nnc(N2CCN(C)C(C)(C)C2)s1. The van der Waals surface area contributed by atoms with Crippen molar-refractivity contribution < 1.29 is 5.11 Å². The minimum absolute atomic E-state index is 0.0898. The number of hydrogen-bond donors (Lipinski definition) is 3. The lowest BCUT2D eigenvalue weighted by Gasteiger charge is -2.45. The molecule has 2 unspecified atom stereocenters. The number of hydrogen-bond acceptors (Lipinski definition) is 7. The molecule has 3 aromatic rings. The number of aromatic nitrogens is 3. The number of benzene rings is 1. The average molecular weight is 443 g/mol. The van der Waals surface area contributed by atoms with E-state index in [-0.39, 0.29) is 11.6 Å². The molecule has 2 atom stereocenters. The van der Waals surface area contributed by atoms with Gasteiger partial charge in [0.05, 0.1) is 0 Å². The van der Waals surface area contributed by atoms with Crippen molar-refractivity contribution in [2.75, 3.05) is 31.6 Å². The van der Waals surface area contributed by atoms with Gasteiger partial charge in [0.2, 0.25) is 5.13 Å². The standard InChI is InChI=1S/C23H34N6OS/c1-5-8-17(13-16-14-24-19-10-7-6-9-18(16)19)25-20(30)21-26-27-22(31-21)29-12-11-28(4)23(2,3)15-29/h6-7,9-10,14,17,20,24-25,30H,5,8,11-13,15H2,1-4H3. The molecule has 0 amide bonds. The Morgan fingerprint density at radius 1 is 1.26 bits per heavy atom. The summed E-state index contributed by atoms with van der Waals surface area (Å²) in [6, 6.07) is 8.52. The van der Waals surface area contributed by atoms with Crippen LogP contribution in [0.5, 0.6) is 0 Å². The predicted octanol–water partition coefficient (Wildman–Crippen LogP) is 3.54. The van der Waals surface area contributed by atoms with Crippen molar-refractivity contribution >= 4 is 27.4 Å². The number of aliphatic hydroxyl groups excluding tert-OH is 1. The van der Waals surface area contributed by atoms with Crippen LogP contribution in [0.3, 0.4) is 0 Å².